The van der Waals surface area contributed by atoms with E-state index in [-0.39, 0.29) is 0 Å². The number of fused-ring (bicyclic) bond motifs is 3. The molecule has 2 aromatic heterocycles. The lowest BCUT2D eigenvalue weighted by Gasteiger charge is -2.05. The topological polar surface area (TPSA) is 26.0 Å². The fourth-order valence-electron chi connectivity index (χ4n) is 4.35. The molecule has 0 amide bonds. The van der Waals surface area contributed by atoms with Crippen LogP contribution in [0.2, 0.25) is 0 Å². The molecule has 0 spiro atoms. The number of para-hydroxylation sites is 1. The predicted molar refractivity (Wildman–Crippen MR) is 133 cm³/mol. The summed E-state index contributed by atoms with van der Waals surface area (Å²) in [6.07, 6.45) is 1.85. The molecule has 152 valence electrons. The fraction of sp³-hybridized carbons (Fsp3) is 0.0333. The highest BCUT2D eigenvalue weighted by atomic mass is 16.3. The summed E-state index contributed by atoms with van der Waals surface area (Å²) >= 11 is 0. The minimum Gasteiger partial charge on any atom is -0.455 e. The van der Waals surface area contributed by atoms with Gasteiger partial charge in [0, 0.05) is 22.5 Å². The van der Waals surface area contributed by atoms with E-state index in [0.717, 1.165) is 33.2 Å². The van der Waals surface area contributed by atoms with Crippen molar-refractivity contribution in [3.8, 4) is 33.5 Å². The second-order valence-electron chi connectivity index (χ2n) is 8.16. The van der Waals surface area contributed by atoms with Crippen molar-refractivity contribution in [1.82, 2.24) is 4.98 Å². The average Bonchev–Trinajstić information content (AvgIpc) is 3.23. The lowest BCUT2D eigenvalue weighted by molar-refractivity contribution is 0.670. The summed E-state index contributed by atoms with van der Waals surface area (Å²) in [5.74, 6) is 0. The Kier molecular flexibility index (Phi) is 4.36. The normalized spacial score (nSPS) is 11.3. The Morgan fingerprint density at radius 3 is 2.09 bits per heavy atom. The van der Waals surface area contributed by atoms with Crippen LogP contribution < -0.4 is 0 Å². The summed E-state index contributed by atoms with van der Waals surface area (Å²) in [6.45, 7) is 2.08. The van der Waals surface area contributed by atoms with E-state index in [1.807, 2.05) is 18.3 Å². The zero-order valence-electron chi connectivity index (χ0n) is 17.7. The van der Waals surface area contributed by atoms with Gasteiger partial charge < -0.3 is 4.42 Å². The number of hydrogen-bond donors (Lipinski definition) is 0. The molecule has 6 rings (SSSR count). The fourth-order valence-corrected chi connectivity index (χ4v) is 4.35. The number of hydrogen-bond acceptors (Lipinski definition) is 2. The number of rotatable bonds is 3. The van der Waals surface area contributed by atoms with Crippen molar-refractivity contribution >= 4 is 21.9 Å². The van der Waals surface area contributed by atoms with Gasteiger partial charge in [0.2, 0.25) is 0 Å². The van der Waals surface area contributed by atoms with Crippen molar-refractivity contribution in [3.63, 3.8) is 0 Å². The molecule has 0 aliphatic heterocycles. The number of pyridine rings is 1. The van der Waals surface area contributed by atoms with Crippen LogP contribution in [0.4, 0.5) is 0 Å². The molecule has 2 heterocycles. The van der Waals surface area contributed by atoms with E-state index < -0.39 is 0 Å². The van der Waals surface area contributed by atoms with Gasteiger partial charge in [0.05, 0.1) is 5.69 Å². The molecule has 0 N–H and O–H groups in total. The minimum absolute atomic E-state index is 0.886. The third kappa shape index (κ3) is 3.17. The van der Waals surface area contributed by atoms with Crippen LogP contribution in [-0.4, -0.2) is 4.98 Å². The Morgan fingerprint density at radius 1 is 0.594 bits per heavy atom. The number of nitrogens with zero attached hydrogens (tertiary/aromatic N) is 1. The van der Waals surface area contributed by atoms with E-state index in [1.165, 1.54) is 27.8 Å². The number of aryl methyl sites for hydroxylation is 1. The third-order valence-corrected chi connectivity index (χ3v) is 6.01. The molecule has 2 heteroatoms. The highest BCUT2D eigenvalue weighted by molar-refractivity contribution is 6.10. The first-order chi connectivity index (χ1) is 15.8. The molecule has 32 heavy (non-hydrogen) atoms. The van der Waals surface area contributed by atoms with Crippen LogP contribution in [-0.2, 0) is 0 Å². The Morgan fingerprint density at radius 2 is 1.31 bits per heavy atom. The number of aromatic nitrogens is 1. The van der Waals surface area contributed by atoms with E-state index in [4.69, 9.17) is 4.42 Å². The summed E-state index contributed by atoms with van der Waals surface area (Å²) in [4.78, 5) is 4.57. The molecule has 6 aromatic rings. The number of benzene rings is 4. The highest BCUT2D eigenvalue weighted by Gasteiger charge is 2.14. The van der Waals surface area contributed by atoms with Crippen LogP contribution in [0.5, 0.6) is 0 Å². The summed E-state index contributed by atoms with van der Waals surface area (Å²) in [7, 11) is 0. The van der Waals surface area contributed by atoms with Gasteiger partial charge in [0.25, 0.3) is 0 Å². The van der Waals surface area contributed by atoms with Crippen molar-refractivity contribution in [3.05, 3.63) is 115 Å². The van der Waals surface area contributed by atoms with Crippen LogP contribution in [0.1, 0.15) is 5.56 Å². The maximum absolute atomic E-state index is 6.31. The highest BCUT2D eigenvalue weighted by Crippen LogP contribution is 2.37. The van der Waals surface area contributed by atoms with E-state index in [9.17, 15) is 0 Å². The molecular formula is C30H21NO. The predicted octanol–water partition coefficient (Wildman–Crippen LogP) is 8.29. The summed E-state index contributed by atoms with van der Waals surface area (Å²) in [5, 5.41) is 2.24. The second kappa shape index (κ2) is 7.51. The third-order valence-electron chi connectivity index (χ3n) is 6.01. The lowest BCUT2D eigenvalue weighted by atomic mass is 9.99. The van der Waals surface area contributed by atoms with E-state index in [1.54, 1.807) is 0 Å². The van der Waals surface area contributed by atoms with Gasteiger partial charge in [-0.05, 0) is 65.1 Å². The van der Waals surface area contributed by atoms with Gasteiger partial charge in [0.1, 0.15) is 11.2 Å². The Balaban J connectivity index is 1.45. The van der Waals surface area contributed by atoms with E-state index >= 15 is 0 Å². The van der Waals surface area contributed by atoms with Crippen molar-refractivity contribution in [2.75, 3.05) is 0 Å². The zero-order valence-corrected chi connectivity index (χ0v) is 17.7. The molecule has 0 saturated carbocycles. The maximum Gasteiger partial charge on any atom is 0.144 e. The molecule has 0 aliphatic rings. The minimum atomic E-state index is 0.886. The average molecular weight is 412 g/mol. The van der Waals surface area contributed by atoms with Crippen LogP contribution in [0.3, 0.4) is 0 Å². The van der Waals surface area contributed by atoms with Gasteiger partial charge in [-0.25, -0.2) is 0 Å². The van der Waals surface area contributed by atoms with Gasteiger partial charge >= 0.3 is 0 Å². The van der Waals surface area contributed by atoms with Gasteiger partial charge in [-0.3, -0.25) is 4.98 Å². The molecule has 0 radical (unpaired) electrons. The van der Waals surface area contributed by atoms with Crippen LogP contribution in [0.25, 0.3) is 55.4 Å². The smallest absolute Gasteiger partial charge is 0.144 e. The SMILES string of the molecule is Cc1ccnc(-c2cccc3c2oc2ccc(-c4ccc(-c5ccccc5)cc4)cc23)c1. The quantitative estimate of drug-likeness (QED) is 0.293. The standard InChI is InChI=1S/C30H21NO/c1-20-16-17-31-28(18-20)26-9-5-8-25-27-19-24(14-15-29(27)32-30(25)26)23-12-10-22(11-13-23)21-6-3-2-4-7-21/h2-19H,1H3. The Bertz CT molecular complexity index is 1560. The van der Waals surface area contributed by atoms with Gasteiger partial charge in [-0.1, -0.05) is 72.8 Å². The first kappa shape index (κ1) is 18.6. The molecule has 0 atom stereocenters. The molecule has 0 bridgehead atoms. The van der Waals surface area contributed by atoms with Crippen molar-refractivity contribution in [1.29, 1.82) is 0 Å². The molecule has 4 aromatic carbocycles. The Labute approximate surface area is 186 Å². The summed E-state index contributed by atoms with van der Waals surface area (Å²) < 4.78 is 6.31. The molecule has 2 nitrogen and oxygen atoms in total. The van der Waals surface area contributed by atoms with Gasteiger partial charge in [-0.15, -0.1) is 0 Å². The van der Waals surface area contributed by atoms with Crippen LogP contribution >= 0.6 is 0 Å². The number of furan rings is 1. The summed E-state index contributed by atoms with van der Waals surface area (Å²) in [6, 6.07) is 36.0. The van der Waals surface area contributed by atoms with Gasteiger partial charge in [-0.2, -0.15) is 0 Å². The van der Waals surface area contributed by atoms with Crippen LogP contribution in [0.15, 0.2) is 114 Å². The first-order valence-corrected chi connectivity index (χ1v) is 10.8. The largest absolute Gasteiger partial charge is 0.455 e. The van der Waals surface area contributed by atoms with E-state index in [2.05, 4.69) is 103 Å². The Hall–Kier alpha value is -4.17. The summed E-state index contributed by atoms with van der Waals surface area (Å²) in [5.41, 5.74) is 9.75. The second-order valence-corrected chi connectivity index (χ2v) is 8.16. The molecule has 0 saturated heterocycles. The molecular weight excluding hydrogens is 390 g/mol. The maximum atomic E-state index is 6.31. The molecule has 0 unspecified atom stereocenters. The molecule has 0 fully saturated rings. The lowest BCUT2D eigenvalue weighted by Crippen LogP contribution is -1.84. The van der Waals surface area contributed by atoms with Crippen LogP contribution in [0, 0.1) is 6.92 Å². The zero-order chi connectivity index (χ0) is 21.5. The van der Waals surface area contributed by atoms with E-state index in [0.29, 0.717) is 0 Å². The van der Waals surface area contributed by atoms with Gasteiger partial charge in [0.15, 0.2) is 0 Å². The molecule has 0 aliphatic carbocycles. The van der Waals surface area contributed by atoms with Crippen molar-refractivity contribution in [2.45, 2.75) is 6.92 Å². The van der Waals surface area contributed by atoms with Crippen molar-refractivity contribution in [2.24, 2.45) is 0 Å². The van der Waals surface area contributed by atoms with Crippen molar-refractivity contribution < 1.29 is 4.42 Å². The first-order valence-electron chi connectivity index (χ1n) is 10.8. The monoisotopic (exact) mass is 411 g/mol.